The molecule has 4 heterocycles. The van der Waals surface area contributed by atoms with Gasteiger partial charge in [-0.15, -0.1) is 21.5 Å². The highest BCUT2D eigenvalue weighted by atomic mass is 32.1. The zero-order valence-corrected chi connectivity index (χ0v) is 17.0. The van der Waals surface area contributed by atoms with E-state index in [2.05, 4.69) is 70.2 Å². The van der Waals surface area contributed by atoms with E-state index in [1.54, 1.807) is 11.3 Å². The summed E-state index contributed by atoms with van der Waals surface area (Å²) in [5.41, 5.74) is 3.33. The van der Waals surface area contributed by atoms with Gasteiger partial charge < -0.3 is 10.6 Å². The number of H-pyrrole nitrogens is 1. The number of aromatic nitrogens is 4. The normalized spacial score (nSPS) is 19.1. The van der Waals surface area contributed by atoms with Gasteiger partial charge in [0, 0.05) is 28.9 Å². The number of nitrogens with zero attached hydrogens (tertiary/aromatic N) is 3. The lowest BCUT2D eigenvalue weighted by Crippen LogP contribution is -2.60. The van der Waals surface area contributed by atoms with E-state index in [1.807, 2.05) is 24.5 Å². The Hall–Kier alpha value is -2.25. The van der Waals surface area contributed by atoms with Crippen molar-refractivity contribution in [1.82, 2.24) is 25.7 Å². The van der Waals surface area contributed by atoms with Gasteiger partial charge in [-0.2, -0.15) is 5.10 Å². The van der Waals surface area contributed by atoms with Crippen molar-refractivity contribution in [3.63, 3.8) is 0 Å². The smallest absolute Gasteiger partial charge is 0.148 e. The molecule has 0 unspecified atom stereocenters. The quantitative estimate of drug-likeness (QED) is 0.626. The van der Waals surface area contributed by atoms with Gasteiger partial charge in [-0.25, -0.2) is 0 Å². The average molecular weight is 383 g/mol. The highest BCUT2D eigenvalue weighted by Gasteiger charge is 2.37. The first-order chi connectivity index (χ1) is 12.8. The van der Waals surface area contributed by atoms with Crippen molar-refractivity contribution in [2.75, 3.05) is 5.32 Å². The van der Waals surface area contributed by atoms with Crippen molar-refractivity contribution in [3.8, 4) is 21.7 Å². The molecular weight excluding hydrogens is 356 g/mol. The summed E-state index contributed by atoms with van der Waals surface area (Å²) < 4.78 is 0. The van der Waals surface area contributed by atoms with Gasteiger partial charge in [-0.3, -0.25) is 5.10 Å². The second kappa shape index (κ2) is 6.73. The summed E-state index contributed by atoms with van der Waals surface area (Å²) in [5, 5.41) is 25.1. The largest absolute Gasteiger partial charge is 0.366 e. The maximum absolute atomic E-state index is 4.44. The van der Waals surface area contributed by atoms with Crippen molar-refractivity contribution in [2.45, 2.75) is 57.7 Å². The van der Waals surface area contributed by atoms with Crippen molar-refractivity contribution < 1.29 is 0 Å². The molecule has 3 aromatic heterocycles. The molecule has 7 heteroatoms. The Balaban J connectivity index is 1.46. The van der Waals surface area contributed by atoms with Crippen LogP contribution in [0.3, 0.4) is 0 Å². The van der Waals surface area contributed by atoms with Gasteiger partial charge in [0.1, 0.15) is 11.5 Å². The van der Waals surface area contributed by atoms with Crippen LogP contribution in [0.25, 0.3) is 21.7 Å². The number of hydrogen-bond acceptors (Lipinski definition) is 6. The molecule has 0 radical (unpaired) electrons. The molecule has 4 rings (SSSR count). The Labute approximate surface area is 163 Å². The Kier molecular flexibility index (Phi) is 4.52. The van der Waals surface area contributed by atoms with E-state index < -0.39 is 0 Å². The molecule has 0 atom stereocenters. The molecule has 1 fully saturated rings. The van der Waals surface area contributed by atoms with E-state index in [0.717, 1.165) is 40.4 Å². The van der Waals surface area contributed by atoms with Crippen molar-refractivity contribution in [3.05, 3.63) is 36.0 Å². The van der Waals surface area contributed by atoms with E-state index in [1.165, 1.54) is 0 Å². The fourth-order valence-electron chi connectivity index (χ4n) is 4.20. The third kappa shape index (κ3) is 4.20. The molecule has 1 aliphatic rings. The van der Waals surface area contributed by atoms with Gasteiger partial charge in [0.2, 0.25) is 0 Å². The lowest BCUT2D eigenvalue weighted by molar-refractivity contribution is 0.170. The number of hydrogen-bond donors (Lipinski definition) is 3. The zero-order chi connectivity index (χ0) is 19.1. The minimum Gasteiger partial charge on any atom is -0.366 e. The minimum absolute atomic E-state index is 0.104. The maximum Gasteiger partial charge on any atom is 0.148 e. The highest BCUT2D eigenvalue weighted by molar-refractivity contribution is 7.14. The third-order valence-electron chi connectivity index (χ3n) is 4.89. The van der Waals surface area contributed by atoms with Gasteiger partial charge in [0.05, 0.1) is 11.1 Å². The molecule has 0 aromatic carbocycles. The third-order valence-corrected chi connectivity index (χ3v) is 5.84. The Bertz CT molecular complexity index is 879. The first-order valence-corrected chi connectivity index (χ1v) is 10.2. The molecule has 3 aromatic rings. The summed E-state index contributed by atoms with van der Waals surface area (Å²) in [6.45, 7) is 9.02. The molecule has 27 heavy (non-hydrogen) atoms. The SMILES string of the molecule is CC1(C)CC(Nc2ccc(-c3cc(-c4cn[nH]c4)cs3)nn2)CC(C)(C)N1. The van der Waals surface area contributed by atoms with Crippen molar-refractivity contribution in [1.29, 1.82) is 0 Å². The summed E-state index contributed by atoms with van der Waals surface area (Å²) >= 11 is 1.67. The van der Waals surface area contributed by atoms with Crippen LogP contribution in [-0.4, -0.2) is 37.5 Å². The summed E-state index contributed by atoms with van der Waals surface area (Å²) in [7, 11) is 0. The molecule has 0 aliphatic carbocycles. The van der Waals surface area contributed by atoms with E-state index >= 15 is 0 Å². The predicted octanol–water partition coefficient (Wildman–Crippen LogP) is 4.32. The van der Waals surface area contributed by atoms with Crippen molar-refractivity contribution in [2.24, 2.45) is 0 Å². The van der Waals surface area contributed by atoms with Crippen LogP contribution < -0.4 is 10.6 Å². The predicted molar refractivity (Wildman–Crippen MR) is 111 cm³/mol. The van der Waals surface area contributed by atoms with Crippen LogP contribution in [0.15, 0.2) is 36.0 Å². The molecule has 6 nitrogen and oxygen atoms in total. The van der Waals surface area contributed by atoms with E-state index in [-0.39, 0.29) is 11.1 Å². The topological polar surface area (TPSA) is 78.5 Å². The van der Waals surface area contributed by atoms with Gasteiger partial charge >= 0.3 is 0 Å². The lowest BCUT2D eigenvalue weighted by atomic mass is 9.79. The fraction of sp³-hybridized carbons (Fsp3) is 0.450. The summed E-state index contributed by atoms with van der Waals surface area (Å²) in [5.74, 6) is 0.837. The molecular formula is C20H26N6S. The molecule has 0 spiro atoms. The van der Waals surface area contributed by atoms with Crippen LogP contribution in [0.4, 0.5) is 5.82 Å². The zero-order valence-electron chi connectivity index (χ0n) is 16.2. The first-order valence-electron chi connectivity index (χ1n) is 9.27. The second-order valence-corrected chi connectivity index (χ2v) is 9.54. The average Bonchev–Trinajstić information content (AvgIpc) is 3.24. The number of rotatable bonds is 4. The van der Waals surface area contributed by atoms with Crippen LogP contribution in [0.5, 0.6) is 0 Å². The van der Waals surface area contributed by atoms with Crippen LogP contribution in [0.2, 0.25) is 0 Å². The van der Waals surface area contributed by atoms with E-state index in [4.69, 9.17) is 0 Å². The molecule has 0 bridgehead atoms. The lowest BCUT2D eigenvalue weighted by Gasteiger charge is -2.46. The second-order valence-electron chi connectivity index (χ2n) is 8.63. The Morgan fingerprint density at radius 1 is 1.07 bits per heavy atom. The number of aromatic amines is 1. The number of thiophene rings is 1. The Morgan fingerprint density at radius 2 is 1.85 bits per heavy atom. The molecule has 3 N–H and O–H groups in total. The fourth-order valence-corrected chi connectivity index (χ4v) is 5.09. The molecule has 1 saturated heterocycles. The molecule has 1 aliphatic heterocycles. The molecule has 0 saturated carbocycles. The van der Waals surface area contributed by atoms with Crippen LogP contribution >= 0.6 is 11.3 Å². The minimum atomic E-state index is 0.104. The summed E-state index contributed by atoms with van der Waals surface area (Å²) in [6, 6.07) is 6.58. The summed E-state index contributed by atoms with van der Waals surface area (Å²) in [6.07, 6.45) is 5.83. The van der Waals surface area contributed by atoms with Gasteiger partial charge in [0.25, 0.3) is 0 Å². The molecule has 0 amide bonds. The van der Waals surface area contributed by atoms with E-state index in [9.17, 15) is 0 Å². The number of nitrogens with one attached hydrogen (secondary N) is 3. The van der Waals surface area contributed by atoms with Crippen LogP contribution in [0.1, 0.15) is 40.5 Å². The molecule has 142 valence electrons. The van der Waals surface area contributed by atoms with Gasteiger partial charge in [0.15, 0.2) is 0 Å². The highest BCUT2D eigenvalue weighted by Crippen LogP contribution is 2.32. The maximum atomic E-state index is 4.44. The van der Waals surface area contributed by atoms with Gasteiger partial charge in [-0.05, 0) is 69.7 Å². The van der Waals surface area contributed by atoms with Crippen molar-refractivity contribution >= 4 is 17.2 Å². The monoisotopic (exact) mass is 382 g/mol. The Morgan fingerprint density at radius 3 is 2.48 bits per heavy atom. The van der Waals surface area contributed by atoms with Gasteiger partial charge in [-0.1, -0.05) is 0 Å². The number of anilines is 1. The summed E-state index contributed by atoms with van der Waals surface area (Å²) in [4.78, 5) is 1.11. The standard InChI is InChI=1S/C20H26N6S/c1-19(2)8-15(9-20(3,4)26-19)23-18-6-5-16(24-25-18)17-7-13(12-27-17)14-10-21-22-11-14/h5-7,10-12,15,26H,8-9H2,1-4H3,(H,21,22)(H,23,25). The van der Waals surface area contributed by atoms with Crippen LogP contribution in [-0.2, 0) is 0 Å². The van der Waals surface area contributed by atoms with Crippen LogP contribution in [0, 0.1) is 0 Å². The number of piperidine rings is 1. The first kappa shape index (κ1) is 18.1. The van der Waals surface area contributed by atoms with E-state index in [0.29, 0.717) is 6.04 Å².